The van der Waals surface area contributed by atoms with Crippen molar-refractivity contribution < 1.29 is 18.7 Å². The molecule has 2 heterocycles. The van der Waals surface area contributed by atoms with Gasteiger partial charge in [-0.1, -0.05) is 6.07 Å². The van der Waals surface area contributed by atoms with E-state index in [1.807, 2.05) is 13.8 Å². The Bertz CT molecular complexity index is 771. The molecule has 1 amide bonds. The number of aliphatic hydroxyl groups is 1. The molecule has 1 fully saturated rings. The van der Waals surface area contributed by atoms with Crippen LogP contribution in [0.5, 0.6) is 0 Å². The van der Waals surface area contributed by atoms with Gasteiger partial charge in [0.15, 0.2) is 11.6 Å². The van der Waals surface area contributed by atoms with Gasteiger partial charge in [0.05, 0.1) is 17.8 Å². The highest BCUT2D eigenvalue weighted by Crippen LogP contribution is 2.33. The van der Waals surface area contributed by atoms with Crippen molar-refractivity contribution in [1.29, 1.82) is 0 Å². The number of halogens is 2. The Labute approximate surface area is 144 Å². The van der Waals surface area contributed by atoms with Crippen molar-refractivity contribution in [2.45, 2.75) is 45.3 Å². The first-order valence-corrected chi connectivity index (χ1v) is 8.29. The standard InChI is InChI=1S/C18H21F2N3O2/c1-10-14(11(2)22-21-10)4-6-18(25)23-9-13(24)8-17(23)12-3-5-15(19)16(20)7-12/h3,5,7,13,17,24H,4,6,8-9H2,1-2H3,(H,21,22)/t13-,17-/m1/s1. The molecule has 0 aliphatic carbocycles. The first-order valence-electron chi connectivity index (χ1n) is 8.29. The molecule has 2 aromatic rings. The van der Waals surface area contributed by atoms with Gasteiger partial charge in [0, 0.05) is 18.7 Å². The van der Waals surface area contributed by atoms with Gasteiger partial charge in [-0.3, -0.25) is 9.89 Å². The van der Waals surface area contributed by atoms with Crippen LogP contribution in [0.3, 0.4) is 0 Å². The fraction of sp³-hybridized carbons (Fsp3) is 0.444. The Balaban J connectivity index is 1.74. The maximum atomic E-state index is 13.5. The predicted molar refractivity (Wildman–Crippen MR) is 87.8 cm³/mol. The normalized spacial score (nSPS) is 20.3. The van der Waals surface area contributed by atoms with Gasteiger partial charge in [-0.15, -0.1) is 0 Å². The molecule has 7 heteroatoms. The summed E-state index contributed by atoms with van der Waals surface area (Å²) in [6, 6.07) is 3.18. The van der Waals surface area contributed by atoms with Gasteiger partial charge in [0.2, 0.25) is 5.91 Å². The summed E-state index contributed by atoms with van der Waals surface area (Å²) in [7, 11) is 0. The molecule has 134 valence electrons. The van der Waals surface area contributed by atoms with Crippen LogP contribution < -0.4 is 0 Å². The minimum atomic E-state index is -0.948. The molecule has 0 spiro atoms. The molecular weight excluding hydrogens is 328 g/mol. The highest BCUT2D eigenvalue weighted by molar-refractivity contribution is 5.77. The monoisotopic (exact) mass is 349 g/mol. The van der Waals surface area contributed by atoms with Gasteiger partial charge < -0.3 is 10.0 Å². The van der Waals surface area contributed by atoms with Crippen molar-refractivity contribution in [3.05, 3.63) is 52.3 Å². The van der Waals surface area contributed by atoms with Gasteiger partial charge in [-0.2, -0.15) is 5.10 Å². The van der Waals surface area contributed by atoms with E-state index >= 15 is 0 Å². The fourth-order valence-electron chi connectivity index (χ4n) is 3.44. The number of likely N-dealkylation sites (tertiary alicyclic amines) is 1. The highest BCUT2D eigenvalue weighted by Gasteiger charge is 2.35. The van der Waals surface area contributed by atoms with Crippen molar-refractivity contribution in [2.75, 3.05) is 6.54 Å². The number of amides is 1. The number of hydrogen-bond donors (Lipinski definition) is 2. The van der Waals surface area contributed by atoms with E-state index in [-0.39, 0.29) is 18.9 Å². The summed E-state index contributed by atoms with van der Waals surface area (Å²) in [4.78, 5) is 14.2. The van der Waals surface area contributed by atoms with Crippen LogP contribution in [0.25, 0.3) is 0 Å². The number of benzene rings is 1. The lowest BCUT2D eigenvalue weighted by atomic mass is 10.0. The number of β-amino-alcohol motifs (C(OH)–C–C–N with tert-alkyl or cyclic N) is 1. The Morgan fingerprint density at radius 3 is 2.76 bits per heavy atom. The van der Waals surface area contributed by atoms with Crippen LogP contribution in [0.2, 0.25) is 0 Å². The topological polar surface area (TPSA) is 69.2 Å². The molecule has 0 saturated carbocycles. The van der Waals surface area contributed by atoms with Crippen molar-refractivity contribution in [2.24, 2.45) is 0 Å². The summed E-state index contributed by atoms with van der Waals surface area (Å²) in [5.74, 6) is -1.99. The van der Waals surface area contributed by atoms with Gasteiger partial charge >= 0.3 is 0 Å². The summed E-state index contributed by atoms with van der Waals surface area (Å²) >= 11 is 0. The molecule has 25 heavy (non-hydrogen) atoms. The lowest BCUT2D eigenvalue weighted by molar-refractivity contribution is -0.132. The number of nitrogens with one attached hydrogen (secondary N) is 1. The summed E-state index contributed by atoms with van der Waals surface area (Å²) in [6.07, 6.45) is 0.471. The number of rotatable bonds is 4. The number of aromatic nitrogens is 2. The van der Waals surface area contributed by atoms with E-state index in [4.69, 9.17) is 0 Å². The molecule has 2 atom stereocenters. The molecule has 1 aromatic carbocycles. The first kappa shape index (κ1) is 17.5. The third kappa shape index (κ3) is 3.56. The number of aromatic amines is 1. The Hall–Kier alpha value is -2.28. The molecule has 1 aliphatic rings. The van der Waals surface area contributed by atoms with E-state index in [0.29, 0.717) is 18.4 Å². The second-order valence-corrected chi connectivity index (χ2v) is 6.54. The van der Waals surface area contributed by atoms with E-state index in [1.54, 1.807) is 4.90 Å². The van der Waals surface area contributed by atoms with Crippen LogP contribution in [0.15, 0.2) is 18.2 Å². The number of aliphatic hydroxyl groups excluding tert-OH is 1. The van der Waals surface area contributed by atoms with Crippen molar-refractivity contribution >= 4 is 5.91 Å². The van der Waals surface area contributed by atoms with E-state index in [9.17, 15) is 18.7 Å². The van der Waals surface area contributed by atoms with Crippen LogP contribution in [-0.2, 0) is 11.2 Å². The lowest BCUT2D eigenvalue weighted by Gasteiger charge is -2.25. The first-order chi connectivity index (χ1) is 11.9. The summed E-state index contributed by atoms with van der Waals surface area (Å²) < 4.78 is 26.7. The molecule has 3 rings (SSSR count). The van der Waals surface area contributed by atoms with E-state index in [0.717, 1.165) is 29.1 Å². The fourth-order valence-corrected chi connectivity index (χ4v) is 3.44. The zero-order valence-electron chi connectivity index (χ0n) is 14.2. The van der Waals surface area contributed by atoms with Crippen LogP contribution in [-0.4, -0.2) is 38.8 Å². The van der Waals surface area contributed by atoms with Gasteiger partial charge in [0.1, 0.15) is 0 Å². The minimum absolute atomic E-state index is 0.119. The predicted octanol–water partition coefficient (Wildman–Crippen LogP) is 2.57. The molecule has 5 nitrogen and oxygen atoms in total. The van der Waals surface area contributed by atoms with Gasteiger partial charge in [0.25, 0.3) is 0 Å². The molecule has 1 saturated heterocycles. The average molecular weight is 349 g/mol. The van der Waals surface area contributed by atoms with Gasteiger partial charge in [-0.05, 0) is 49.9 Å². The second kappa shape index (κ2) is 6.92. The Morgan fingerprint density at radius 1 is 1.36 bits per heavy atom. The summed E-state index contributed by atoms with van der Waals surface area (Å²) in [6.45, 7) is 3.99. The van der Waals surface area contributed by atoms with Gasteiger partial charge in [-0.25, -0.2) is 8.78 Å². The largest absolute Gasteiger partial charge is 0.391 e. The van der Waals surface area contributed by atoms with Crippen LogP contribution in [0, 0.1) is 25.5 Å². The Kier molecular flexibility index (Phi) is 4.85. The third-order valence-corrected chi connectivity index (χ3v) is 4.80. The molecule has 0 bridgehead atoms. The molecular formula is C18H21F2N3O2. The van der Waals surface area contributed by atoms with Crippen molar-refractivity contribution in [3.63, 3.8) is 0 Å². The molecule has 0 unspecified atom stereocenters. The van der Waals surface area contributed by atoms with Crippen molar-refractivity contribution in [1.82, 2.24) is 15.1 Å². The molecule has 1 aliphatic heterocycles. The smallest absolute Gasteiger partial charge is 0.223 e. The average Bonchev–Trinajstić information content (AvgIpc) is 3.11. The molecule has 0 radical (unpaired) electrons. The maximum Gasteiger partial charge on any atom is 0.223 e. The number of nitrogens with zero attached hydrogens (tertiary/aromatic N) is 2. The number of carbonyl (C=O) groups is 1. The van der Waals surface area contributed by atoms with Crippen molar-refractivity contribution in [3.8, 4) is 0 Å². The van der Waals surface area contributed by atoms with Crippen LogP contribution in [0.4, 0.5) is 8.78 Å². The summed E-state index contributed by atoms with van der Waals surface area (Å²) in [5, 5.41) is 17.0. The SMILES string of the molecule is Cc1n[nH]c(C)c1CCC(=O)N1C[C@H](O)C[C@@H]1c1ccc(F)c(F)c1. The summed E-state index contributed by atoms with van der Waals surface area (Å²) in [5.41, 5.74) is 3.31. The number of hydrogen-bond acceptors (Lipinski definition) is 3. The number of carbonyl (C=O) groups excluding carboxylic acids is 1. The lowest BCUT2D eigenvalue weighted by Crippen LogP contribution is -2.32. The van der Waals surface area contributed by atoms with E-state index in [1.165, 1.54) is 6.07 Å². The minimum Gasteiger partial charge on any atom is -0.391 e. The number of aryl methyl sites for hydroxylation is 2. The zero-order valence-corrected chi connectivity index (χ0v) is 14.2. The molecule has 1 aromatic heterocycles. The Morgan fingerprint density at radius 2 is 2.12 bits per heavy atom. The third-order valence-electron chi connectivity index (χ3n) is 4.80. The van der Waals surface area contributed by atoms with Crippen LogP contribution >= 0.6 is 0 Å². The molecule has 2 N–H and O–H groups in total. The maximum absolute atomic E-state index is 13.5. The van der Waals surface area contributed by atoms with E-state index < -0.39 is 23.8 Å². The van der Waals surface area contributed by atoms with Crippen LogP contribution in [0.1, 0.15) is 41.4 Å². The van der Waals surface area contributed by atoms with E-state index in [2.05, 4.69) is 10.2 Å². The second-order valence-electron chi connectivity index (χ2n) is 6.54. The quantitative estimate of drug-likeness (QED) is 0.891. The highest BCUT2D eigenvalue weighted by atomic mass is 19.2. The zero-order chi connectivity index (χ0) is 18.1. The number of H-pyrrole nitrogens is 1.